The second-order valence-electron chi connectivity index (χ2n) is 8.15. The van der Waals surface area contributed by atoms with Crippen molar-refractivity contribution in [2.75, 3.05) is 21.3 Å². The van der Waals surface area contributed by atoms with Crippen LogP contribution in [0.5, 0.6) is 17.2 Å². The van der Waals surface area contributed by atoms with E-state index in [0.717, 1.165) is 42.4 Å². The van der Waals surface area contributed by atoms with Gasteiger partial charge in [-0.25, -0.2) is 0 Å². The molecule has 4 rings (SSSR count). The Bertz CT molecular complexity index is 1150. The van der Waals surface area contributed by atoms with E-state index in [1.54, 1.807) is 21.3 Å². The molecule has 5 nitrogen and oxygen atoms in total. The first kappa shape index (κ1) is 23.3. The zero-order valence-corrected chi connectivity index (χ0v) is 19.9. The topological polar surface area (TPSA) is 43.8 Å². The predicted octanol–water partition coefficient (Wildman–Crippen LogP) is 5.98. The van der Waals surface area contributed by atoms with Crippen LogP contribution in [0.4, 0.5) is 0 Å². The molecule has 3 aromatic carbocycles. The van der Waals surface area contributed by atoms with Crippen LogP contribution in [-0.4, -0.2) is 31.2 Å². The Morgan fingerprint density at radius 3 is 1.53 bits per heavy atom. The lowest BCUT2D eigenvalue weighted by molar-refractivity contribution is 0.247. The van der Waals surface area contributed by atoms with Crippen LogP contribution in [0.15, 0.2) is 91.3 Å². The summed E-state index contributed by atoms with van der Waals surface area (Å²) >= 11 is 0. The van der Waals surface area contributed by atoms with Crippen LogP contribution in [-0.2, 0) is 19.6 Å². The van der Waals surface area contributed by atoms with Gasteiger partial charge in [0, 0.05) is 38.1 Å². The van der Waals surface area contributed by atoms with Crippen LogP contribution in [0, 0.1) is 0 Å². The molecule has 174 valence electrons. The third kappa shape index (κ3) is 6.15. The molecule has 0 radical (unpaired) electrons. The lowest BCUT2D eigenvalue weighted by atomic mass is 10.0. The van der Waals surface area contributed by atoms with Crippen LogP contribution in [0.2, 0.25) is 0 Å². The minimum atomic E-state index is 0.756. The number of rotatable bonds is 10. The van der Waals surface area contributed by atoms with Crippen molar-refractivity contribution in [2.45, 2.75) is 19.6 Å². The van der Waals surface area contributed by atoms with Crippen LogP contribution < -0.4 is 14.2 Å². The molecule has 0 aliphatic carbocycles. The van der Waals surface area contributed by atoms with Crippen LogP contribution in [0.25, 0.3) is 11.1 Å². The van der Waals surface area contributed by atoms with E-state index in [-0.39, 0.29) is 0 Å². The van der Waals surface area contributed by atoms with E-state index in [0.29, 0.717) is 0 Å². The van der Waals surface area contributed by atoms with E-state index < -0.39 is 0 Å². The molecule has 0 fully saturated rings. The molecular weight excluding hydrogens is 424 g/mol. The first-order chi connectivity index (χ1) is 16.7. The first-order valence-corrected chi connectivity index (χ1v) is 11.2. The van der Waals surface area contributed by atoms with Gasteiger partial charge in [-0.15, -0.1) is 0 Å². The average Bonchev–Trinajstić information content (AvgIpc) is 2.89. The summed E-state index contributed by atoms with van der Waals surface area (Å²) in [7, 11) is 5.04. The fourth-order valence-electron chi connectivity index (χ4n) is 3.98. The molecule has 0 aliphatic heterocycles. The van der Waals surface area contributed by atoms with Crippen molar-refractivity contribution in [3.05, 3.63) is 108 Å². The largest absolute Gasteiger partial charge is 0.497 e. The second-order valence-corrected chi connectivity index (χ2v) is 8.15. The van der Waals surface area contributed by atoms with Crippen LogP contribution in [0.1, 0.15) is 16.7 Å². The molecule has 0 aliphatic rings. The molecule has 0 atom stereocenters. The minimum Gasteiger partial charge on any atom is -0.497 e. The molecular formula is C29H30N2O3. The summed E-state index contributed by atoms with van der Waals surface area (Å²) in [6, 6.07) is 27.1. The van der Waals surface area contributed by atoms with Gasteiger partial charge in [0.25, 0.3) is 0 Å². The molecule has 1 aromatic heterocycles. The van der Waals surface area contributed by atoms with Crippen molar-refractivity contribution in [1.82, 2.24) is 9.88 Å². The van der Waals surface area contributed by atoms with Crippen molar-refractivity contribution in [3.63, 3.8) is 0 Å². The molecule has 0 saturated heterocycles. The highest BCUT2D eigenvalue weighted by Crippen LogP contribution is 2.25. The summed E-state index contributed by atoms with van der Waals surface area (Å²) < 4.78 is 16.3. The number of hydrogen-bond donors (Lipinski definition) is 0. The molecule has 0 saturated carbocycles. The van der Waals surface area contributed by atoms with Gasteiger partial charge in [-0.1, -0.05) is 36.4 Å². The molecule has 0 N–H and O–H groups in total. The summed E-state index contributed by atoms with van der Waals surface area (Å²) in [4.78, 5) is 6.52. The summed E-state index contributed by atoms with van der Waals surface area (Å²) in [5.41, 5.74) is 5.97. The number of benzene rings is 3. The van der Waals surface area contributed by atoms with Gasteiger partial charge in [0.2, 0.25) is 0 Å². The van der Waals surface area contributed by atoms with E-state index in [2.05, 4.69) is 58.4 Å². The highest BCUT2D eigenvalue weighted by atomic mass is 16.5. The van der Waals surface area contributed by atoms with Crippen LogP contribution >= 0.6 is 0 Å². The monoisotopic (exact) mass is 454 g/mol. The number of methoxy groups -OCH3 is 3. The Balaban J connectivity index is 1.56. The molecule has 5 heteroatoms. The lowest BCUT2D eigenvalue weighted by Crippen LogP contribution is -2.22. The highest BCUT2D eigenvalue weighted by Gasteiger charge is 2.12. The van der Waals surface area contributed by atoms with E-state index in [1.807, 2.05) is 42.7 Å². The fraction of sp³-hybridized carbons (Fsp3) is 0.207. The van der Waals surface area contributed by atoms with Crippen molar-refractivity contribution < 1.29 is 14.2 Å². The third-order valence-electron chi connectivity index (χ3n) is 5.76. The molecule has 0 amide bonds. The molecule has 1 heterocycles. The normalized spacial score (nSPS) is 10.8. The predicted molar refractivity (Wildman–Crippen MR) is 135 cm³/mol. The first-order valence-electron chi connectivity index (χ1n) is 11.2. The highest BCUT2D eigenvalue weighted by molar-refractivity contribution is 5.62. The Kier molecular flexibility index (Phi) is 7.79. The van der Waals surface area contributed by atoms with Gasteiger partial charge in [0.15, 0.2) is 0 Å². The smallest absolute Gasteiger partial charge is 0.122 e. The van der Waals surface area contributed by atoms with Gasteiger partial charge in [-0.3, -0.25) is 9.88 Å². The minimum absolute atomic E-state index is 0.756. The van der Waals surface area contributed by atoms with Gasteiger partial charge in [-0.2, -0.15) is 0 Å². The number of ether oxygens (including phenoxy) is 3. The average molecular weight is 455 g/mol. The summed E-state index contributed by atoms with van der Waals surface area (Å²) in [6.45, 7) is 2.36. The maximum Gasteiger partial charge on any atom is 0.122 e. The summed E-state index contributed by atoms with van der Waals surface area (Å²) in [6.07, 6.45) is 3.64. The van der Waals surface area contributed by atoms with E-state index >= 15 is 0 Å². The van der Waals surface area contributed by atoms with E-state index in [9.17, 15) is 0 Å². The molecule has 4 aromatic rings. The molecule has 0 unspecified atom stereocenters. The standard InChI is InChI=1S/C29H30N2O3/c1-32-27-10-6-23(7-11-27)20-31(21-24-16-28(33-2)18-29(17-24)34-3)19-22-4-8-25(9-5-22)26-12-14-30-15-13-26/h4-18H,19-21H2,1-3H3. The van der Waals surface area contributed by atoms with Gasteiger partial charge in [0.1, 0.15) is 17.2 Å². The molecule has 0 spiro atoms. The van der Waals surface area contributed by atoms with Gasteiger partial charge < -0.3 is 14.2 Å². The zero-order chi connectivity index (χ0) is 23.8. The Hall–Kier alpha value is -3.83. The van der Waals surface area contributed by atoms with Crippen molar-refractivity contribution in [3.8, 4) is 28.4 Å². The Labute approximate surface area is 201 Å². The van der Waals surface area contributed by atoms with E-state index in [4.69, 9.17) is 14.2 Å². The molecule has 34 heavy (non-hydrogen) atoms. The number of hydrogen-bond acceptors (Lipinski definition) is 5. The zero-order valence-electron chi connectivity index (χ0n) is 19.9. The summed E-state index contributed by atoms with van der Waals surface area (Å²) in [5, 5.41) is 0. The second kappa shape index (κ2) is 11.3. The number of pyridine rings is 1. The number of aromatic nitrogens is 1. The van der Waals surface area contributed by atoms with Crippen LogP contribution in [0.3, 0.4) is 0 Å². The fourth-order valence-corrected chi connectivity index (χ4v) is 3.98. The summed E-state index contributed by atoms with van der Waals surface area (Å²) in [5.74, 6) is 2.44. The van der Waals surface area contributed by atoms with E-state index in [1.165, 1.54) is 22.3 Å². The maximum absolute atomic E-state index is 5.48. The van der Waals surface area contributed by atoms with Crippen molar-refractivity contribution in [1.29, 1.82) is 0 Å². The number of nitrogens with zero attached hydrogens (tertiary/aromatic N) is 2. The SMILES string of the molecule is COc1ccc(CN(Cc2ccc(-c3ccncc3)cc2)Cc2cc(OC)cc(OC)c2)cc1. The Morgan fingerprint density at radius 2 is 1.00 bits per heavy atom. The maximum atomic E-state index is 5.48. The van der Waals surface area contributed by atoms with Gasteiger partial charge in [0.05, 0.1) is 21.3 Å². The Morgan fingerprint density at radius 1 is 0.529 bits per heavy atom. The quantitative estimate of drug-likeness (QED) is 0.295. The third-order valence-corrected chi connectivity index (χ3v) is 5.76. The van der Waals surface area contributed by atoms with Crippen molar-refractivity contribution >= 4 is 0 Å². The molecule has 0 bridgehead atoms. The van der Waals surface area contributed by atoms with Gasteiger partial charge >= 0.3 is 0 Å². The lowest BCUT2D eigenvalue weighted by Gasteiger charge is -2.24. The van der Waals surface area contributed by atoms with Crippen molar-refractivity contribution in [2.24, 2.45) is 0 Å². The van der Waals surface area contributed by atoms with Gasteiger partial charge in [-0.05, 0) is 64.2 Å².